The van der Waals surface area contributed by atoms with E-state index in [1.807, 2.05) is 12.1 Å². The lowest BCUT2D eigenvalue weighted by atomic mass is 10.2. The summed E-state index contributed by atoms with van der Waals surface area (Å²) in [5.74, 6) is -0.100. The Morgan fingerprint density at radius 3 is 2.39 bits per heavy atom. The summed E-state index contributed by atoms with van der Waals surface area (Å²) in [4.78, 5) is 11.6. The molecule has 0 unspecified atom stereocenters. The Bertz CT molecular complexity index is 675. The van der Waals surface area contributed by atoms with Crippen molar-refractivity contribution in [2.24, 2.45) is 0 Å². The van der Waals surface area contributed by atoms with E-state index >= 15 is 0 Å². The number of benzene rings is 2. The lowest BCUT2D eigenvalue weighted by Gasteiger charge is -2.15. The molecule has 0 spiro atoms. The fraction of sp³-hybridized carbons (Fsp3) is 0.133. The first-order valence-corrected chi connectivity index (χ1v) is 7.53. The minimum atomic E-state index is -4.51. The third-order valence-electron chi connectivity index (χ3n) is 2.75. The lowest BCUT2D eigenvalue weighted by molar-refractivity contribution is -0.137. The van der Waals surface area contributed by atoms with E-state index in [1.54, 1.807) is 12.1 Å². The van der Waals surface area contributed by atoms with Crippen LogP contribution in [0.4, 0.5) is 18.9 Å². The average Bonchev–Trinajstić information content (AvgIpc) is 2.52. The molecule has 23 heavy (non-hydrogen) atoms. The van der Waals surface area contributed by atoms with Gasteiger partial charge >= 0.3 is 6.18 Å². The molecule has 0 aromatic heterocycles. The highest BCUT2D eigenvalue weighted by molar-refractivity contribution is 14.1. The van der Waals surface area contributed by atoms with Gasteiger partial charge in [-0.25, -0.2) is 0 Å². The largest absolute Gasteiger partial charge is 0.484 e. The van der Waals surface area contributed by atoms with Gasteiger partial charge in [-0.15, -0.1) is 0 Å². The molecular formula is C15H12F3IN2O2. The Labute approximate surface area is 144 Å². The van der Waals surface area contributed by atoms with Crippen molar-refractivity contribution >= 4 is 34.2 Å². The van der Waals surface area contributed by atoms with Crippen LogP contribution in [0.2, 0.25) is 0 Å². The molecule has 0 fully saturated rings. The van der Waals surface area contributed by atoms with Gasteiger partial charge in [0, 0.05) is 3.57 Å². The molecule has 2 N–H and O–H groups in total. The average molecular weight is 436 g/mol. The summed E-state index contributed by atoms with van der Waals surface area (Å²) in [5, 5.41) is 0. The molecule has 0 saturated carbocycles. The molecule has 0 aliphatic carbocycles. The monoisotopic (exact) mass is 436 g/mol. The summed E-state index contributed by atoms with van der Waals surface area (Å²) >= 11 is 2.13. The quantitative estimate of drug-likeness (QED) is 0.554. The summed E-state index contributed by atoms with van der Waals surface area (Å²) in [6, 6.07) is 11.9. The van der Waals surface area contributed by atoms with Gasteiger partial charge in [0.2, 0.25) is 0 Å². The Kier molecular flexibility index (Phi) is 5.69. The van der Waals surface area contributed by atoms with Gasteiger partial charge in [-0.2, -0.15) is 13.2 Å². The van der Waals surface area contributed by atoms with Crippen LogP contribution in [0.3, 0.4) is 0 Å². The molecule has 0 aliphatic heterocycles. The molecule has 0 aliphatic rings. The molecule has 1 amide bonds. The highest BCUT2D eigenvalue weighted by Gasteiger charge is 2.33. The standard InChI is InChI=1S/C15H12F3IN2O2/c16-15(17,18)12-3-1-2-4-13(12)20-21-14(22)9-23-11-7-5-10(19)6-8-11/h1-8,20H,9H2,(H,21,22). The number of hydrogen-bond donors (Lipinski definition) is 2. The Balaban J connectivity index is 1.89. The molecule has 0 atom stereocenters. The van der Waals surface area contributed by atoms with E-state index in [0.717, 1.165) is 9.64 Å². The summed E-state index contributed by atoms with van der Waals surface area (Å²) in [6.45, 7) is -0.318. The number of hydrogen-bond acceptors (Lipinski definition) is 3. The van der Waals surface area contributed by atoms with E-state index in [1.165, 1.54) is 18.2 Å². The molecule has 122 valence electrons. The van der Waals surface area contributed by atoms with E-state index in [4.69, 9.17) is 4.74 Å². The van der Waals surface area contributed by atoms with Crippen molar-refractivity contribution in [3.63, 3.8) is 0 Å². The zero-order valence-electron chi connectivity index (χ0n) is 11.7. The van der Waals surface area contributed by atoms with Crippen molar-refractivity contribution in [2.45, 2.75) is 6.18 Å². The van der Waals surface area contributed by atoms with Crippen LogP contribution in [-0.4, -0.2) is 12.5 Å². The molecule has 0 bridgehead atoms. The van der Waals surface area contributed by atoms with Crippen LogP contribution in [0.1, 0.15) is 5.56 Å². The van der Waals surface area contributed by atoms with Crippen molar-refractivity contribution in [2.75, 3.05) is 12.0 Å². The zero-order valence-corrected chi connectivity index (χ0v) is 13.8. The number of rotatable bonds is 5. The fourth-order valence-corrected chi connectivity index (χ4v) is 2.05. The van der Waals surface area contributed by atoms with Gasteiger partial charge in [-0.05, 0) is 59.0 Å². The number of anilines is 1. The van der Waals surface area contributed by atoms with E-state index in [-0.39, 0.29) is 12.3 Å². The zero-order chi connectivity index (χ0) is 16.9. The van der Waals surface area contributed by atoms with Crippen molar-refractivity contribution in [3.8, 4) is 5.75 Å². The maximum atomic E-state index is 12.8. The normalized spacial score (nSPS) is 11.0. The first-order chi connectivity index (χ1) is 10.9. The maximum absolute atomic E-state index is 12.8. The topological polar surface area (TPSA) is 50.4 Å². The van der Waals surface area contributed by atoms with Crippen molar-refractivity contribution in [1.29, 1.82) is 0 Å². The fourth-order valence-electron chi connectivity index (χ4n) is 1.69. The minimum Gasteiger partial charge on any atom is -0.484 e. The lowest BCUT2D eigenvalue weighted by Crippen LogP contribution is -2.34. The third kappa shape index (κ3) is 5.31. The number of ether oxygens (including phenoxy) is 1. The van der Waals surface area contributed by atoms with Gasteiger partial charge in [-0.1, -0.05) is 12.1 Å². The van der Waals surface area contributed by atoms with Crippen LogP contribution in [0.25, 0.3) is 0 Å². The molecule has 2 rings (SSSR count). The number of amides is 1. The van der Waals surface area contributed by atoms with Gasteiger partial charge in [0.05, 0.1) is 11.3 Å². The first-order valence-electron chi connectivity index (χ1n) is 6.46. The first kappa shape index (κ1) is 17.4. The molecule has 2 aromatic carbocycles. The molecule has 2 aromatic rings. The van der Waals surface area contributed by atoms with Gasteiger partial charge in [0.15, 0.2) is 6.61 Å². The van der Waals surface area contributed by atoms with Crippen LogP contribution in [-0.2, 0) is 11.0 Å². The van der Waals surface area contributed by atoms with E-state index in [2.05, 4.69) is 33.4 Å². The smallest absolute Gasteiger partial charge is 0.418 e. The van der Waals surface area contributed by atoms with Crippen molar-refractivity contribution in [1.82, 2.24) is 5.43 Å². The second-order valence-corrected chi connectivity index (χ2v) is 5.70. The second kappa shape index (κ2) is 7.53. The number of carbonyl (C=O) groups excluding carboxylic acids is 1. The maximum Gasteiger partial charge on any atom is 0.418 e. The Morgan fingerprint density at radius 2 is 1.74 bits per heavy atom. The molecule has 0 saturated heterocycles. The van der Waals surface area contributed by atoms with Crippen molar-refractivity contribution in [3.05, 3.63) is 57.7 Å². The molecular weight excluding hydrogens is 424 g/mol. The summed E-state index contributed by atoms with van der Waals surface area (Å²) in [5.41, 5.74) is 3.35. The number of hydrazine groups is 1. The van der Waals surface area contributed by atoms with Gasteiger partial charge in [0.25, 0.3) is 5.91 Å². The van der Waals surface area contributed by atoms with Gasteiger partial charge < -0.3 is 4.74 Å². The third-order valence-corrected chi connectivity index (χ3v) is 3.47. The Morgan fingerprint density at radius 1 is 1.09 bits per heavy atom. The van der Waals surface area contributed by atoms with E-state index in [0.29, 0.717) is 5.75 Å². The van der Waals surface area contributed by atoms with E-state index < -0.39 is 17.6 Å². The minimum absolute atomic E-state index is 0.234. The molecule has 0 heterocycles. The predicted molar refractivity (Wildman–Crippen MR) is 87.9 cm³/mol. The molecule has 4 nitrogen and oxygen atoms in total. The summed E-state index contributed by atoms with van der Waals surface area (Å²) in [6.07, 6.45) is -4.51. The number of para-hydroxylation sites is 1. The number of carbonyl (C=O) groups is 1. The SMILES string of the molecule is O=C(COc1ccc(I)cc1)NNc1ccccc1C(F)(F)F. The van der Waals surface area contributed by atoms with Crippen LogP contribution >= 0.6 is 22.6 Å². The van der Waals surface area contributed by atoms with Gasteiger partial charge in [0.1, 0.15) is 5.75 Å². The number of nitrogens with one attached hydrogen (secondary N) is 2. The number of alkyl halides is 3. The molecule has 0 radical (unpaired) electrons. The van der Waals surface area contributed by atoms with Crippen molar-refractivity contribution < 1.29 is 22.7 Å². The predicted octanol–water partition coefficient (Wildman–Crippen LogP) is 3.83. The summed E-state index contributed by atoms with van der Waals surface area (Å²) in [7, 11) is 0. The Hall–Kier alpha value is -1.97. The van der Waals surface area contributed by atoms with Crippen LogP contribution in [0.5, 0.6) is 5.75 Å². The van der Waals surface area contributed by atoms with Crippen LogP contribution in [0.15, 0.2) is 48.5 Å². The summed E-state index contributed by atoms with van der Waals surface area (Å²) < 4.78 is 44.6. The highest BCUT2D eigenvalue weighted by atomic mass is 127. The van der Waals surface area contributed by atoms with Crippen LogP contribution in [0, 0.1) is 3.57 Å². The van der Waals surface area contributed by atoms with Crippen LogP contribution < -0.4 is 15.6 Å². The van der Waals surface area contributed by atoms with Gasteiger partial charge in [-0.3, -0.25) is 15.6 Å². The molecule has 8 heteroatoms. The highest BCUT2D eigenvalue weighted by Crippen LogP contribution is 2.34. The second-order valence-electron chi connectivity index (χ2n) is 4.46. The van der Waals surface area contributed by atoms with E-state index in [9.17, 15) is 18.0 Å². The number of halogens is 4.